The molecule has 1 fully saturated rings. The molecule has 1 aliphatic heterocycles. The van der Waals surface area contributed by atoms with E-state index in [1.807, 2.05) is 0 Å². The maximum atomic E-state index is 11.9. The first-order chi connectivity index (χ1) is 7.86. The van der Waals surface area contributed by atoms with E-state index in [4.69, 9.17) is 0 Å². The molecule has 1 unspecified atom stereocenters. The summed E-state index contributed by atoms with van der Waals surface area (Å²) in [6.07, 6.45) is 9.72. The van der Waals surface area contributed by atoms with Gasteiger partial charge in [-0.3, -0.25) is 4.79 Å². The maximum Gasteiger partial charge on any atom is 0.223 e. The van der Waals surface area contributed by atoms with Gasteiger partial charge in [-0.1, -0.05) is 12.2 Å². The van der Waals surface area contributed by atoms with Crippen molar-refractivity contribution in [3.05, 3.63) is 12.2 Å². The minimum absolute atomic E-state index is 0.228. The van der Waals surface area contributed by atoms with Gasteiger partial charge in [0.15, 0.2) is 0 Å². The lowest BCUT2D eigenvalue weighted by molar-refractivity contribution is -0.125. The zero-order valence-corrected chi connectivity index (χ0v) is 9.87. The second-order valence-electron chi connectivity index (χ2n) is 4.92. The van der Waals surface area contributed by atoms with E-state index in [0.29, 0.717) is 5.92 Å². The van der Waals surface area contributed by atoms with Crippen molar-refractivity contribution in [2.24, 2.45) is 11.8 Å². The molecule has 0 aromatic carbocycles. The zero-order chi connectivity index (χ0) is 11.2. The second-order valence-corrected chi connectivity index (χ2v) is 4.92. The van der Waals surface area contributed by atoms with E-state index in [1.54, 1.807) is 0 Å². The highest BCUT2D eigenvalue weighted by Gasteiger charge is 2.20. The lowest BCUT2D eigenvalue weighted by Gasteiger charge is -2.24. The molecule has 2 N–H and O–H groups in total. The van der Waals surface area contributed by atoms with Gasteiger partial charge in [-0.15, -0.1) is 0 Å². The molecular weight excluding hydrogens is 200 g/mol. The van der Waals surface area contributed by atoms with Crippen molar-refractivity contribution in [1.82, 2.24) is 10.6 Å². The van der Waals surface area contributed by atoms with Crippen LogP contribution in [0.5, 0.6) is 0 Å². The average molecular weight is 222 g/mol. The van der Waals surface area contributed by atoms with E-state index in [0.717, 1.165) is 38.9 Å². The molecule has 3 nitrogen and oxygen atoms in total. The summed E-state index contributed by atoms with van der Waals surface area (Å²) < 4.78 is 0. The van der Waals surface area contributed by atoms with Gasteiger partial charge in [-0.25, -0.2) is 0 Å². The van der Waals surface area contributed by atoms with Crippen LogP contribution in [0.4, 0.5) is 0 Å². The van der Waals surface area contributed by atoms with Crippen molar-refractivity contribution in [3.63, 3.8) is 0 Å². The lowest BCUT2D eigenvalue weighted by Crippen LogP contribution is -2.38. The Morgan fingerprint density at radius 2 is 2.06 bits per heavy atom. The van der Waals surface area contributed by atoms with Gasteiger partial charge in [0.25, 0.3) is 0 Å². The standard InChI is InChI=1S/C13H22N2O/c16-13(12-4-2-1-3-5-12)15-10-11-6-8-14-9-7-11/h1-2,11-12,14H,3-10H2,(H,15,16). The minimum Gasteiger partial charge on any atom is -0.356 e. The molecule has 0 aromatic heterocycles. The fraction of sp³-hybridized carbons (Fsp3) is 0.769. The summed E-state index contributed by atoms with van der Waals surface area (Å²) in [5.41, 5.74) is 0. The van der Waals surface area contributed by atoms with Gasteiger partial charge in [0.1, 0.15) is 0 Å². The average Bonchev–Trinajstić information content (AvgIpc) is 2.38. The first-order valence-electron chi connectivity index (χ1n) is 6.49. The van der Waals surface area contributed by atoms with Gasteiger partial charge in [-0.2, -0.15) is 0 Å². The van der Waals surface area contributed by atoms with Gasteiger partial charge >= 0.3 is 0 Å². The Balaban J connectivity index is 1.68. The number of hydrogen-bond donors (Lipinski definition) is 2. The smallest absolute Gasteiger partial charge is 0.223 e. The van der Waals surface area contributed by atoms with Gasteiger partial charge < -0.3 is 10.6 Å². The Kier molecular flexibility index (Phi) is 4.40. The molecule has 0 aromatic rings. The molecule has 1 amide bonds. The Labute approximate surface area is 97.7 Å². The summed E-state index contributed by atoms with van der Waals surface area (Å²) >= 11 is 0. The second kappa shape index (κ2) is 6.04. The van der Waals surface area contributed by atoms with Crippen LogP contribution >= 0.6 is 0 Å². The molecule has 0 spiro atoms. The van der Waals surface area contributed by atoms with Crippen molar-refractivity contribution in [1.29, 1.82) is 0 Å². The Hall–Kier alpha value is -0.830. The molecule has 3 heteroatoms. The molecule has 0 bridgehead atoms. The highest BCUT2D eigenvalue weighted by molar-refractivity contribution is 5.78. The number of allylic oxidation sites excluding steroid dienone is 2. The van der Waals surface area contributed by atoms with Gasteiger partial charge in [0.2, 0.25) is 5.91 Å². The predicted octanol–water partition coefficient (Wildman–Crippen LogP) is 1.46. The van der Waals surface area contributed by atoms with Gasteiger partial charge in [0, 0.05) is 12.5 Å². The number of carbonyl (C=O) groups is 1. The van der Waals surface area contributed by atoms with Crippen LogP contribution in [0, 0.1) is 11.8 Å². The highest BCUT2D eigenvalue weighted by Crippen LogP contribution is 2.18. The number of piperidine rings is 1. The predicted molar refractivity (Wildman–Crippen MR) is 65.1 cm³/mol. The number of amides is 1. The molecule has 0 radical (unpaired) electrons. The SMILES string of the molecule is O=C(NCC1CCNCC1)C1CC=CCC1. The van der Waals surface area contributed by atoms with Crippen LogP contribution in [0.2, 0.25) is 0 Å². The van der Waals surface area contributed by atoms with E-state index in [-0.39, 0.29) is 11.8 Å². The van der Waals surface area contributed by atoms with E-state index >= 15 is 0 Å². The third-order valence-corrected chi connectivity index (χ3v) is 3.66. The molecule has 16 heavy (non-hydrogen) atoms. The summed E-state index contributed by atoms with van der Waals surface area (Å²) in [5.74, 6) is 1.18. The molecule has 1 saturated heterocycles. The third kappa shape index (κ3) is 3.34. The van der Waals surface area contributed by atoms with Crippen molar-refractivity contribution >= 4 is 5.91 Å². The number of hydrogen-bond acceptors (Lipinski definition) is 2. The highest BCUT2D eigenvalue weighted by atomic mass is 16.1. The van der Waals surface area contributed by atoms with Crippen LogP contribution in [0.15, 0.2) is 12.2 Å². The van der Waals surface area contributed by atoms with E-state index < -0.39 is 0 Å². The summed E-state index contributed by atoms with van der Waals surface area (Å²) in [7, 11) is 0. The molecule has 1 aliphatic carbocycles. The lowest BCUT2D eigenvalue weighted by atomic mass is 9.93. The third-order valence-electron chi connectivity index (χ3n) is 3.66. The van der Waals surface area contributed by atoms with Crippen LogP contribution in [0.25, 0.3) is 0 Å². The first kappa shape index (κ1) is 11.6. The molecule has 2 aliphatic rings. The fourth-order valence-electron chi connectivity index (χ4n) is 2.51. The van der Waals surface area contributed by atoms with Crippen molar-refractivity contribution in [2.75, 3.05) is 19.6 Å². The monoisotopic (exact) mass is 222 g/mol. The van der Waals surface area contributed by atoms with Crippen LogP contribution < -0.4 is 10.6 Å². The molecular formula is C13H22N2O. The van der Waals surface area contributed by atoms with Crippen molar-refractivity contribution in [2.45, 2.75) is 32.1 Å². The molecule has 90 valence electrons. The Morgan fingerprint density at radius 1 is 1.25 bits per heavy atom. The quantitative estimate of drug-likeness (QED) is 0.710. The van der Waals surface area contributed by atoms with E-state index in [9.17, 15) is 4.79 Å². The fourth-order valence-corrected chi connectivity index (χ4v) is 2.51. The Bertz CT molecular complexity index is 257. The van der Waals surface area contributed by atoms with Crippen LogP contribution in [-0.2, 0) is 4.79 Å². The molecule has 0 saturated carbocycles. The van der Waals surface area contributed by atoms with Crippen molar-refractivity contribution < 1.29 is 4.79 Å². The number of carbonyl (C=O) groups excluding carboxylic acids is 1. The number of rotatable bonds is 3. The van der Waals surface area contributed by atoms with Crippen LogP contribution in [-0.4, -0.2) is 25.5 Å². The maximum absolute atomic E-state index is 11.9. The summed E-state index contributed by atoms with van der Waals surface area (Å²) in [6, 6.07) is 0. The molecule has 1 heterocycles. The topological polar surface area (TPSA) is 41.1 Å². The summed E-state index contributed by atoms with van der Waals surface area (Å²) in [4.78, 5) is 11.9. The van der Waals surface area contributed by atoms with Crippen molar-refractivity contribution in [3.8, 4) is 0 Å². The zero-order valence-electron chi connectivity index (χ0n) is 9.87. The summed E-state index contributed by atoms with van der Waals surface area (Å²) in [6.45, 7) is 3.08. The largest absolute Gasteiger partial charge is 0.356 e. The van der Waals surface area contributed by atoms with Gasteiger partial charge in [0.05, 0.1) is 0 Å². The van der Waals surface area contributed by atoms with E-state index in [1.165, 1.54) is 12.8 Å². The normalized spacial score (nSPS) is 26.6. The number of nitrogens with one attached hydrogen (secondary N) is 2. The minimum atomic E-state index is 0.228. The van der Waals surface area contributed by atoms with Gasteiger partial charge in [-0.05, 0) is 51.1 Å². The van der Waals surface area contributed by atoms with Crippen LogP contribution in [0.3, 0.4) is 0 Å². The molecule has 2 rings (SSSR count). The first-order valence-corrected chi connectivity index (χ1v) is 6.49. The Morgan fingerprint density at radius 3 is 2.75 bits per heavy atom. The summed E-state index contributed by atoms with van der Waals surface area (Å²) in [5, 5.41) is 6.47. The molecule has 1 atom stereocenters. The van der Waals surface area contributed by atoms with Crippen LogP contribution in [0.1, 0.15) is 32.1 Å². The van der Waals surface area contributed by atoms with E-state index in [2.05, 4.69) is 22.8 Å².